The number of nitro groups is 1. The maximum Gasteiger partial charge on any atom is 0.270 e. The summed E-state index contributed by atoms with van der Waals surface area (Å²) >= 11 is 0. The zero-order valence-corrected chi connectivity index (χ0v) is 11.0. The molecule has 0 aliphatic carbocycles. The molecule has 0 saturated heterocycles. The van der Waals surface area contributed by atoms with Gasteiger partial charge in [-0.05, 0) is 6.07 Å². The van der Waals surface area contributed by atoms with Crippen molar-refractivity contribution in [3.8, 4) is 0 Å². The van der Waals surface area contributed by atoms with Crippen molar-refractivity contribution in [3.05, 3.63) is 39.7 Å². The molecule has 20 heavy (non-hydrogen) atoms. The summed E-state index contributed by atoms with van der Waals surface area (Å²) in [5.74, 6) is -1.47. The van der Waals surface area contributed by atoms with Crippen LogP contribution in [0.1, 0.15) is 10.4 Å². The molecule has 0 unspecified atom stereocenters. The molecule has 0 saturated carbocycles. The summed E-state index contributed by atoms with van der Waals surface area (Å²) in [6.07, 6.45) is 0. The number of nitro benzene ring substituents is 1. The van der Waals surface area contributed by atoms with Gasteiger partial charge in [0.05, 0.1) is 17.1 Å². The predicted molar refractivity (Wildman–Crippen MR) is 70.1 cm³/mol. The molecule has 0 atom stereocenters. The average Bonchev–Trinajstić information content (AvgIpc) is 2.42. The first-order valence-corrected chi connectivity index (χ1v) is 5.98. The van der Waals surface area contributed by atoms with E-state index in [4.69, 9.17) is 4.74 Å². The van der Waals surface area contributed by atoms with Gasteiger partial charge in [-0.2, -0.15) is 0 Å². The van der Waals surface area contributed by atoms with Gasteiger partial charge in [0.1, 0.15) is 5.82 Å². The van der Waals surface area contributed by atoms with Gasteiger partial charge in [0.2, 0.25) is 0 Å². The number of halogens is 1. The Balaban J connectivity index is 2.50. The van der Waals surface area contributed by atoms with Crippen LogP contribution >= 0.6 is 0 Å². The Morgan fingerprint density at radius 1 is 1.40 bits per heavy atom. The Hall–Kier alpha value is -2.06. The largest absolute Gasteiger partial charge is 0.383 e. The molecule has 0 heterocycles. The number of carbonyl (C=O) groups excluding carboxylic acids is 1. The van der Waals surface area contributed by atoms with E-state index >= 15 is 0 Å². The number of rotatable bonds is 8. The molecular weight excluding hydrogens is 269 g/mol. The summed E-state index contributed by atoms with van der Waals surface area (Å²) in [5, 5.41) is 16.1. The molecule has 1 rings (SSSR count). The normalized spacial score (nSPS) is 10.3. The second kappa shape index (κ2) is 8.18. The molecule has 110 valence electrons. The van der Waals surface area contributed by atoms with Crippen LogP contribution in [0.4, 0.5) is 10.1 Å². The first kappa shape index (κ1) is 16.0. The lowest BCUT2D eigenvalue weighted by molar-refractivity contribution is -0.384. The number of ether oxygens (including phenoxy) is 1. The third kappa shape index (κ3) is 4.90. The van der Waals surface area contributed by atoms with Gasteiger partial charge in [-0.3, -0.25) is 14.9 Å². The predicted octanol–water partition coefficient (Wildman–Crippen LogP) is 0.700. The molecule has 1 amide bonds. The van der Waals surface area contributed by atoms with E-state index in [1.54, 1.807) is 7.11 Å². The minimum atomic E-state index is -0.791. The van der Waals surface area contributed by atoms with Crippen LogP contribution in [0.25, 0.3) is 0 Å². The van der Waals surface area contributed by atoms with Crippen molar-refractivity contribution in [1.29, 1.82) is 0 Å². The molecule has 0 bridgehead atoms. The summed E-state index contributed by atoms with van der Waals surface area (Å²) in [6, 6.07) is 2.84. The van der Waals surface area contributed by atoms with Crippen LogP contribution in [-0.4, -0.2) is 44.2 Å². The van der Waals surface area contributed by atoms with E-state index < -0.39 is 16.6 Å². The van der Waals surface area contributed by atoms with Gasteiger partial charge in [0.15, 0.2) is 0 Å². The van der Waals surface area contributed by atoms with E-state index in [0.29, 0.717) is 19.7 Å². The van der Waals surface area contributed by atoms with Crippen molar-refractivity contribution < 1.29 is 18.8 Å². The Labute approximate surface area is 115 Å². The smallest absolute Gasteiger partial charge is 0.270 e. The van der Waals surface area contributed by atoms with Crippen molar-refractivity contribution >= 4 is 11.6 Å². The molecule has 0 aliphatic heterocycles. The summed E-state index contributed by atoms with van der Waals surface area (Å²) in [5.41, 5.74) is -0.661. The molecule has 0 radical (unpaired) electrons. The third-order valence-electron chi connectivity index (χ3n) is 2.48. The van der Waals surface area contributed by atoms with Gasteiger partial charge in [0.25, 0.3) is 11.6 Å². The summed E-state index contributed by atoms with van der Waals surface area (Å²) in [6.45, 7) is 1.96. The van der Waals surface area contributed by atoms with Crippen LogP contribution in [0, 0.1) is 15.9 Å². The lowest BCUT2D eigenvalue weighted by atomic mass is 10.1. The van der Waals surface area contributed by atoms with Crippen molar-refractivity contribution in [3.63, 3.8) is 0 Å². The fourth-order valence-corrected chi connectivity index (χ4v) is 1.46. The summed E-state index contributed by atoms with van der Waals surface area (Å²) in [7, 11) is 1.58. The minimum absolute atomic E-state index is 0.282. The highest BCUT2D eigenvalue weighted by atomic mass is 19.1. The number of non-ortho nitro benzene ring substituents is 1. The van der Waals surface area contributed by atoms with E-state index in [0.717, 1.165) is 18.2 Å². The molecule has 1 aromatic carbocycles. The molecule has 1 aromatic rings. The number of hydrogen-bond donors (Lipinski definition) is 2. The van der Waals surface area contributed by atoms with Crippen LogP contribution in [0.15, 0.2) is 18.2 Å². The van der Waals surface area contributed by atoms with Crippen LogP contribution in [0.3, 0.4) is 0 Å². The molecule has 7 nitrogen and oxygen atoms in total. The van der Waals surface area contributed by atoms with Gasteiger partial charge < -0.3 is 15.4 Å². The van der Waals surface area contributed by atoms with E-state index in [1.165, 1.54) is 0 Å². The number of amides is 1. The number of methoxy groups -OCH3 is 1. The molecule has 0 fully saturated rings. The number of nitrogens with zero attached hydrogens (tertiary/aromatic N) is 1. The summed E-state index contributed by atoms with van der Waals surface area (Å²) < 4.78 is 18.3. The molecule has 2 N–H and O–H groups in total. The maximum atomic E-state index is 13.4. The van der Waals surface area contributed by atoms with Crippen LogP contribution in [-0.2, 0) is 4.74 Å². The minimum Gasteiger partial charge on any atom is -0.383 e. The van der Waals surface area contributed by atoms with Crippen molar-refractivity contribution in [1.82, 2.24) is 10.6 Å². The van der Waals surface area contributed by atoms with E-state index in [-0.39, 0.29) is 17.8 Å². The fraction of sp³-hybridized carbons (Fsp3) is 0.417. The second-order valence-corrected chi connectivity index (χ2v) is 3.92. The molecule has 0 aromatic heterocycles. The van der Waals surface area contributed by atoms with Gasteiger partial charge >= 0.3 is 0 Å². The lowest BCUT2D eigenvalue weighted by Gasteiger charge is -2.07. The first-order valence-electron chi connectivity index (χ1n) is 5.98. The van der Waals surface area contributed by atoms with Crippen molar-refractivity contribution in [2.24, 2.45) is 0 Å². The Morgan fingerprint density at radius 3 is 2.80 bits per heavy atom. The highest BCUT2D eigenvalue weighted by molar-refractivity contribution is 5.95. The number of nitrogens with one attached hydrogen (secondary N) is 2. The molecular formula is C12H16FN3O4. The molecule has 0 aliphatic rings. The van der Waals surface area contributed by atoms with Gasteiger partial charge in [0, 0.05) is 38.9 Å². The average molecular weight is 285 g/mol. The topological polar surface area (TPSA) is 93.5 Å². The highest BCUT2D eigenvalue weighted by Crippen LogP contribution is 2.16. The van der Waals surface area contributed by atoms with Gasteiger partial charge in [-0.15, -0.1) is 0 Å². The zero-order valence-electron chi connectivity index (χ0n) is 11.0. The Kier molecular flexibility index (Phi) is 6.54. The molecule has 0 spiro atoms. The van der Waals surface area contributed by atoms with E-state index in [2.05, 4.69) is 10.6 Å². The number of hydrogen-bond acceptors (Lipinski definition) is 5. The third-order valence-corrected chi connectivity index (χ3v) is 2.48. The quantitative estimate of drug-likeness (QED) is 0.416. The van der Waals surface area contributed by atoms with Crippen molar-refractivity contribution in [2.45, 2.75) is 0 Å². The fourth-order valence-electron chi connectivity index (χ4n) is 1.46. The summed E-state index contributed by atoms with van der Waals surface area (Å²) in [4.78, 5) is 21.6. The molecule has 8 heteroatoms. The van der Waals surface area contributed by atoms with Gasteiger partial charge in [-0.25, -0.2) is 4.39 Å². The van der Waals surface area contributed by atoms with Crippen molar-refractivity contribution in [2.75, 3.05) is 33.4 Å². The lowest BCUT2D eigenvalue weighted by Crippen LogP contribution is -2.33. The van der Waals surface area contributed by atoms with Crippen LogP contribution < -0.4 is 10.6 Å². The second-order valence-electron chi connectivity index (χ2n) is 3.92. The first-order chi connectivity index (χ1) is 9.56. The number of carbonyl (C=O) groups is 1. The van der Waals surface area contributed by atoms with E-state index in [1.807, 2.05) is 0 Å². The Morgan fingerprint density at radius 2 is 2.15 bits per heavy atom. The van der Waals surface area contributed by atoms with E-state index in [9.17, 15) is 19.3 Å². The Bertz CT molecular complexity index is 482. The standard InChI is InChI=1S/C12H16FN3O4/c1-20-7-6-14-4-5-15-12(17)10-8-9(16(18)19)2-3-11(10)13/h2-3,8,14H,4-7H2,1H3,(H,15,17). The van der Waals surface area contributed by atoms with Gasteiger partial charge in [-0.1, -0.05) is 0 Å². The highest BCUT2D eigenvalue weighted by Gasteiger charge is 2.16. The van der Waals surface area contributed by atoms with Crippen LogP contribution in [0.2, 0.25) is 0 Å². The monoisotopic (exact) mass is 285 g/mol. The maximum absolute atomic E-state index is 13.4. The zero-order chi connectivity index (χ0) is 15.0. The van der Waals surface area contributed by atoms with Crippen LogP contribution in [0.5, 0.6) is 0 Å². The SMILES string of the molecule is COCCNCCNC(=O)c1cc([N+](=O)[O-])ccc1F. The number of benzene rings is 1.